The molecule has 2 aromatic rings. The first kappa shape index (κ1) is 27.0. The number of nitrogens with one attached hydrogen (secondary N) is 2. The fourth-order valence-electron chi connectivity index (χ4n) is 6.78. The van der Waals surface area contributed by atoms with E-state index in [9.17, 15) is 19.5 Å². The SMILES string of the molecule is CC(C)C[C@H](CO)N1C(=O)[C@@H]2[C@H](C(=O)Nc3ccccc3)[C@@H]3CC(C)C2(S3)C1C(=O)Nc1ccccc1Cl. The Bertz CT molecular complexity index is 1230. The second-order valence-electron chi connectivity index (χ2n) is 11.1. The predicted molar refractivity (Wildman–Crippen MR) is 151 cm³/mol. The number of anilines is 2. The van der Waals surface area contributed by atoms with E-state index in [0.717, 1.165) is 6.42 Å². The quantitative estimate of drug-likeness (QED) is 0.440. The van der Waals surface area contributed by atoms with E-state index in [-0.39, 0.29) is 41.4 Å². The molecule has 9 heteroatoms. The van der Waals surface area contributed by atoms with Crippen molar-refractivity contribution in [3.8, 4) is 0 Å². The maximum atomic E-state index is 14.3. The van der Waals surface area contributed by atoms with Crippen LogP contribution in [0.1, 0.15) is 33.6 Å². The standard InChI is InChI=1S/C29H34ClN3O4S/c1-16(2)13-19(15-34)33-25(27(36)32-21-12-8-7-11-20(21)30)29-17(3)14-22(38-29)23(24(29)28(33)37)26(35)31-18-9-5-4-6-10-18/h4-12,16-17,19,22-25,34H,13-15H2,1-3H3,(H,31,35)(H,32,36)/t17?,19-,22+,23-,24+,25?,29?/m1/s1. The summed E-state index contributed by atoms with van der Waals surface area (Å²) in [6, 6.07) is 14.9. The van der Waals surface area contributed by atoms with E-state index in [2.05, 4.69) is 17.6 Å². The number of nitrogens with zero attached hydrogens (tertiary/aromatic N) is 1. The molecule has 1 spiro atoms. The molecule has 3 N–H and O–H groups in total. The Kier molecular flexibility index (Phi) is 7.50. The summed E-state index contributed by atoms with van der Waals surface area (Å²) in [6.45, 7) is 5.88. The van der Waals surface area contributed by atoms with Crippen LogP contribution in [0.3, 0.4) is 0 Å². The lowest BCUT2D eigenvalue weighted by Crippen LogP contribution is -2.57. The Morgan fingerprint density at radius 2 is 1.79 bits per heavy atom. The first-order chi connectivity index (χ1) is 18.2. The number of para-hydroxylation sites is 2. The van der Waals surface area contributed by atoms with Crippen LogP contribution in [0.25, 0.3) is 0 Å². The number of carbonyl (C=O) groups excluding carboxylic acids is 3. The van der Waals surface area contributed by atoms with E-state index in [4.69, 9.17) is 11.6 Å². The number of hydrogen-bond acceptors (Lipinski definition) is 5. The summed E-state index contributed by atoms with van der Waals surface area (Å²) in [4.78, 5) is 43.7. The van der Waals surface area contributed by atoms with Gasteiger partial charge in [-0.2, -0.15) is 0 Å². The van der Waals surface area contributed by atoms with Gasteiger partial charge in [-0.15, -0.1) is 11.8 Å². The van der Waals surface area contributed by atoms with Crippen LogP contribution in [0.5, 0.6) is 0 Å². The smallest absolute Gasteiger partial charge is 0.248 e. The third-order valence-corrected chi connectivity index (χ3v) is 10.7. The van der Waals surface area contributed by atoms with Crippen LogP contribution in [0.4, 0.5) is 11.4 Å². The number of thioether (sulfide) groups is 1. The number of amides is 3. The van der Waals surface area contributed by atoms with Gasteiger partial charge in [0.05, 0.1) is 39.9 Å². The van der Waals surface area contributed by atoms with Gasteiger partial charge in [-0.05, 0) is 48.9 Å². The summed E-state index contributed by atoms with van der Waals surface area (Å²) < 4.78 is -0.782. The number of hydrogen-bond donors (Lipinski definition) is 3. The van der Waals surface area contributed by atoms with Gasteiger partial charge in [-0.1, -0.05) is 62.7 Å². The lowest BCUT2D eigenvalue weighted by Gasteiger charge is -2.40. The second kappa shape index (κ2) is 10.5. The van der Waals surface area contributed by atoms with Gasteiger partial charge in [0.1, 0.15) is 6.04 Å². The highest BCUT2D eigenvalue weighted by Crippen LogP contribution is 2.69. The van der Waals surface area contributed by atoms with Gasteiger partial charge >= 0.3 is 0 Å². The minimum Gasteiger partial charge on any atom is -0.394 e. The molecule has 0 saturated carbocycles. The largest absolute Gasteiger partial charge is 0.394 e. The van der Waals surface area contributed by atoms with Gasteiger partial charge in [0.15, 0.2) is 0 Å². The molecular formula is C29H34ClN3O4S. The van der Waals surface area contributed by atoms with Gasteiger partial charge < -0.3 is 20.6 Å². The van der Waals surface area contributed by atoms with Crippen LogP contribution in [-0.4, -0.2) is 56.4 Å². The molecular weight excluding hydrogens is 522 g/mol. The van der Waals surface area contributed by atoms with Crippen molar-refractivity contribution in [1.82, 2.24) is 4.90 Å². The van der Waals surface area contributed by atoms with Gasteiger partial charge in [-0.25, -0.2) is 0 Å². The van der Waals surface area contributed by atoms with E-state index >= 15 is 0 Å². The van der Waals surface area contributed by atoms with Crippen LogP contribution >= 0.6 is 23.4 Å². The zero-order valence-corrected chi connectivity index (χ0v) is 23.3. The molecule has 3 aliphatic heterocycles. The normalized spacial score (nSPS) is 30.4. The van der Waals surface area contributed by atoms with Crippen molar-refractivity contribution >= 4 is 52.5 Å². The highest BCUT2D eigenvalue weighted by Gasteiger charge is 2.76. The number of fused-ring (bicyclic) bond motifs is 1. The van der Waals surface area contributed by atoms with E-state index in [1.807, 2.05) is 44.2 Å². The van der Waals surface area contributed by atoms with E-state index in [1.54, 1.807) is 40.9 Å². The topological polar surface area (TPSA) is 98.7 Å². The van der Waals surface area contributed by atoms with Crippen LogP contribution < -0.4 is 10.6 Å². The maximum Gasteiger partial charge on any atom is 0.248 e. The number of benzene rings is 2. The number of halogens is 1. The number of aliphatic hydroxyl groups is 1. The summed E-state index contributed by atoms with van der Waals surface area (Å²) >= 11 is 7.98. The third-order valence-electron chi connectivity index (χ3n) is 8.26. The number of aliphatic hydroxyl groups excluding tert-OH is 1. The molecule has 3 heterocycles. The Morgan fingerprint density at radius 3 is 2.45 bits per heavy atom. The fourth-order valence-corrected chi connectivity index (χ4v) is 9.37. The van der Waals surface area contributed by atoms with E-state index < -0.39 is 28.7 Å². The summed E-state index contributed by atoms with van der Waals surface area (Å²) in [6.07, 6.45) is 1.28. The predicted octanol–water partition coefficient (Wildman–Crippen LogP) is 4.66. The molecule has 3 unspecified atom stereocenters. The first-order valence-electron chi connectivity index (χ1n) is 13.2. The molecule has 5 rings (SSSR count). The molecule has 3 amide bonds. The number of likely N-dealkylation sites (tertiary alicyclic amines) is 1. The molecule has 7 atom stereocenters. The second-order valence-corrected chi connectivity index (χ2v) is 13.0. The molecule has 3 aliphatic rings. The first-order valence-corrected chi connectivity index (χ1v) is 14.5. The Morgan fingerprint density at radius 1 is 1.11 bits per heavy atom. The number of carbonyl (C=O) groups is 3. The number of rotatable bonds is 8. The van der Waals surface area contributed by atoms with Crippen molar-refractivity contribution in [2.45, 2.75) is 55.7 Å². The maximum absolute atomic E-state index is 14.3. The third kappa shape index (κ3) is 4.40. The molecule has 38 heavy (non-hydrogen) atoms. The van der Waals surface area contributed by atoms with Crippen LogP contribution in [0.2, 0.25) is 5.02 Å². The monoisotopic (exact) mass is 555 g/mol. The van der Waals surface area contributed by atoms with E-state index in [1.165, 1.54) is 0 Å². The van der Waals surface area contributed by atoms with Crippen molar-refractivity contribution in [3.63, 3.8) is 0 Å². The van der Waals surface area contributed by atoms with E-state index in [0.29, 0.717) is 22.8 Å². The molecule has 2 aromatic carbocycles. The minimum absolute atomic E-state index is 0.0256. The lowest BCUT2D eigenvalue weighted by atomic mass is 9.66. The van der Waals surface area contributed by atoms with Crippen LogP contribution in [0, 0.1) is 23.7 Å². The zero-order chi connectivity index (χ0) is 27.2. The molecule has 0 aliphatic carbocycles. The molecule has 3 fully saturated rings. The van der Waals surface area contributed by atoms with Gasteiger partial charge in [0.25, 0.3) is 0 Å². The summed E-state index contributed by atoms with van der Waals surface area (Å²) in [5, 5.41) is 16.7. The molecule has 0 aromatic heterocycles. The molecule has 0 radical (unpaired) electrons. The lowest BCUT2D eigenvalue weighted by molar-refractivity contribution is -0.141. The van der Waals surface area contributed by atoms with Gasteiger partial charge in [0, 0.05) is 10.9 Å². The summed E-state index contributed by atoms with van der Waals surface area (Å²) in [5.74, 6) is -1.76. The molecule has 202 valence electrons. The van der Waals surface area contributed by atoms with Crippen molar-refractivity contribution in [1.29, 1.82) is 0 Å². The molecule has 7 nitrogen and oxygen atoms in total. The van der Waals surface area contributed by atoms with Crippen molar-refractivity contribution in [2.75, 3.05) is 17.2 Å². The van der Waals surface area contributed by atoms with Gasteiger partial charge in [0.2, 0.25) is 17.7 Å². The summed E-state index contributed by atoms with van der Waals surface area (Å²) in [5.41, 5.74) is 1.15. The van der Waals surface area contributed by atoms with Crippen molar-refractivity contribution in [2.24, 2.45) is 23.7 Å². The average Bonchev–Trinajstić information content (AvgIpc) is 3.48. The highest BCUT2D eigenvalue weighted by molar-refractivity contribution is 8.02. The Labute approximate surface area is 232 Å². The fraction of sp³-hybridized carbons (Fsp3) is 0.483. The van der Waals surface area contributed by atoms with Gasteiger partial charge in [-0.3, -0.25) is 14.4 Å². The molecule has 2 bridgehead atoms. The van der Waals surface area contributed by atoms with Crippen LogP contribution in [0.15, 0.2) is 54.6 Å². The highest BCUT2D eigenvalue weighted by atomic mass is 35.5. The molecule has 3 saturated heterocycles. The average molecular weight is 556 g/mol. The van der Waals surface area contributed by atoms with Crippen molar-refractivity contribution < 1.29 is 19.5 Å². The Balaban J connectivity index is 1.55. The Hall–Kier alpha value is -2.55. The minimum atomic E-state index is -0.841. The summed E-state index contributed by atoms with van der Waals surface area (Å²) in [7, 11) is 0. The van der Waals surface area contributed by atoms with Crippen LogP contribution in [-0.2, 0) is 14.4 Å². The zero-order valence-electron chi connectivity index (χ0n) is 21.8. The van der Waals surface area contributed by atoms with Crippen molar-refractivity contribution in [3.05, 3.63) is 59.6 Å².